The van der Waals surface area contributed by atoms with Gasteiger partial charge in [0, 0.05) is 18.2 Å². The van der Waals surface area contributed by atoms with Gasteiger partial charge in [-0.25, -0.2) is 0 Å². The van der Waals surface area contributed by atoms with Crippen LogP contribution in [0.2, 0.25) is 0 Å². The zero-order chi connectivity index (χ0) is 16.5. The van der Waals surface area contributed by atoms with Crippen LogP contribution in [0.3, 0.4) is 0 Å². The van der Waals surface area contributed by atoms with Crippen LogP contribution in [0.1, 0.15) is 24.5 Å². The molecule has 0 spiro atoms. The Bertz CT molecular complexity index is 680. The summed E-state index contributed by atoms with van der Waals surface area (Å²) < 4.78 is 5.51. The molecule has 1 amide bonds. The molecule has 118 valence electrons. The fourth-order valence-corrected chi connectivity index (χ4v) is 2.00. The highest BCUT2D eigenvalue weighted by molar-refractivity contribution is 5.94. The molecule has 0 fully saturated rings. The lowest BCUT2D eigenvalue weighted by molar-refractivity contribution is -0.124. The number of aliphatic hydroxyl groups excluding tert-OH is 1. The monoisotopic (exact) mass is 310 g/mol. The lowest BCUT2D eigenvalue weighted by Gasteiger charge is -2.12. The number of hydrogen-bond acceptors (Lipinski definition) is 4. The molecule has 5 nitrogen and oxygen atoms in total. The van der Waals surface area contributed by atoms with E-state index in [2.05, 4.69) is 11.4 Å². The van der Waals surface area contributed by atoms with Gasteiger partial charge in [-0.05, 0) is 24.1 Å². The number of nitrogens with one attached hydrogen (secondary N) is 1. The first-order valence-corrected chi connectivity index (χ1v) is 7.34. The molecule has 0 aliphatic heterocycles. The van der Waals surface area contributed by atoms with Gasteiger partial charge in [-0.1, -0.05) is 36.4 Å². The molecule has 0 radical (unpaired) electrons. The Morgan fingerprint density at radius 2 is 2.00 bits per heavy atom. The number of aliphatic hydroxyl groups is 1. The van der Waals surface area contributed by atoms with Crippen LogP contribution in [0.15, 0.2) is 54.6 Å². The number of nitrogens with zero attached hydrogens (tertiary/aromatic N) is 1. The van der Waals surface area contributed by atoms with Gasteiger partial charge in [0.1, 0.15) is 5.75 Å². The third-order valence-corrected chi connectivity index (χ3v) is 3.17. The maximum atomic E-state index is 12.1. The van der Waals surface area contributed by atoms with E-state index in [0.29, 0.717) is 36.4 Å². The largest absolute Gasteiger partial charge is 0.493 e. The van der Waals surface area contributed by atoms with E-state index in [0.717, 1.165) is 0 Å². The summed E-state index contributed by atoms with van der Waals surface area (Å²) in [6.45, 7) is 0.442. The fourth-order valence-electron chi connectivity index (χ4n) is 2.00. The lowest BCUT2D eigenvalue weighted by Crippen LogP contribution is -2.20. The van der Waals surface area contributed by atoms with E-state index < -0.39 is 12.0 Å². The van der Waals surface area contributed by atoms with Gasteiger partial charge in [0.25, 0.3) is 5.91 Å². The summed E-state index contributed by atoms with van der Waals surface area (Å²) in [4.78, 5) is 12.1. The Labute approximate surface area is 135 Å². The minimum absolute atomic E-state index is 0.442. The first-order chi connectivity index (χ1) is 11.2. The summed E-state index contributed by atoms with van der Waals surface area (Å²) in [5.41, 5.74) is 1.08. The molecule has 0 aromatic heterocycles. The molecule has 2 N–H and O–H groups in total. The number of rotatable bonds is 7. The van der Waals surface area contributed by atoms with Gasteiger partial charge in [0.05, 0.1) is 12.7 Å². The summed E-state index contributed by atoms with van der Waals surface area (Å²) in [7, 11) is 0. The fraction of sp³-hybridized carbons (Fsp3) is 0.222. The van der Waals surface area contributed by atoms with Crippen molar-refractivity contribution < 1.29 is 14.6 Å². The van der Waals surface area contributed by atoms with Gasteiger partial charge >= 0.3 is 0 Å². The molecule has 0 aliphatic carbocycles. The number of anilines is 1. The normalized spacial score (nSPS) is 11.3. The SMILES string of the molecule is N#CCCCOc1cccc(NC(=O)C(O)c2ccccc2)c1. The van der Waals surface area contributed by atoms with E-state index in [4.69, 9.17) is 10.00 Å². The van der Waals surface area contributed by atoms with Crippen molar-refractivity contribution in [3.63, 3.8) is 0 Å². The van der Waals surface area contributed by atoms with Crippen LogP contribution in [0.25, 0.3) is 0 Å². The van der Waals surface area contributed by atoms with E-state index in [1.165, 1.54) is 0 Å². The maximum Gasteiger partial charge on any atom is 0.257 e. The molecule has 0 bridgehead atoms. The van der Waals surface area contributed by atoms with E-state index >= 15 is 0 Å². The van der Waals surface area contributed by atoms with E-state index in [-0.39, 0.29) is 0 Å². The van der Waals surface area contributed by atoms with Crippen molar-refractivity contribution >= 4 is 11.6 Å². The van der Waals surface area contributed by atoms with Crippen LogP contribution < -0.4 is 10.1 Å². The van der Waals surface area contributed by atoms with Gasteiger partial charge < -0.3 is 15.2 Å². The van der Waals surface area contributed by atoms with Gasteiger partial charge in [0.2, 0.25) is 0 Å². The Balaban J connectivity index is 1.94. The molecule has 1 atom stereocenters. The number of benzene rings is 2. The number of unbranched alkanes of at least 4 members (excludes halogenated alkanes) is 1. The Morgan fingerprint density at radius 3 is 2.74 bits per heavy atom. The van der Waals surface area contributed by atoms with E-state index in [9.17, 15) is 9.90 Å². The zero-order valence-corrected chi connectivity index (χ0v) is 12.6. The smallest absolute Gasteiger partial charge is 0.257 e. The molecule has 1 unspecified atom stereocenters. The second-order valence-corrected chi connectivity index (χ2v) is 4.94. The standard InChI is InChI=1S/C18H18N2O3/c19-11-4-5-12-23-16-10-6-9-15(13-16)20-18(22)17(21)14-7-2-1-3-8-14/h1-3,6-10,13,17,21H,4-5,12H2,(H,20,22). The number of ether oxygens (including phenoxy) is 1. The number of hydrogen-bond donors (Lipinski definition) is 2. The second-order valence-electron chi connectivity index (χ2n) is 4.94. The Morgan fingerprint density at radius 1 is 1.22 bits per heavy atom. The van der Waals surface area contributed by atoms with Crippen molar-refractivity contribution in [1.82, 2.24) is 0 Å². The molecule has 2 aromatic rings. The van der Waals surface area contributed by atoms with Gasteiger partial charge in [-0.15, -0.1) is 0 Å². The summed E-state index contributed by atoms with van der Waals surface area (Å²) in [6.07, 6.45) is -0.129. The first kappa shape index (κ1) is 16.5. The highest BCUT2D eigenvalue weighted by atomic mass is 16.5. The summed E-state index contributed by atoms with van der Waals surface area (Å²) >= 11 is 0. The third-order valence-electron chi connectivity index (χ3n) is 3.17. The van der Waals surface area contributed by atoms with Crippen molar-refractivity contribution in [3.8, 4) is 11.8 Å². The molecule has 0 aliphatic rings. The summed E-state index contributed by atoms with van der Waals surface area (Å²) in [5.74, 6) is 0.104. The average Bonchev–Trinajstić information content (AvgIpc) is 2.59. The number of carbonyl (C=O) groups excluding carboxylic acids is 1. The molecular formula is C18H18N2O3. The van der Waals surface area contributed by atoms with Crippen molar-refractivity contribution in [1.29, 1.82) is 5.26 Å². The molecule has 5 heteroatoms. The van der Waals surface area contributed by atoms with Crippen molar-refractivity contribution in [2.75, 3.05) is 11.9 Å². The van der Waals surface area contributed by atoms with Crippen molar-refractivity contribution in [2.45, 2.75) is 18.9 Å². The zero-order valence-electron chi connectivity index (χ0n) is 12.6. The number of amides is 1. The quantitative estimate of drug-likeness (QED) is 0.770. The molecule has 0 saturated carbocycles. The topological polar surface area (TPSA) is 82.3 Å². The number of carbonyl (C=O) groups is 1. The molecular weight excluding hydrogens is 292 g/mol. The molecule has 2 aromatic carbocycles. The van der Waals surface area contributed by atoms with Crippen molar-refractivity contribution in [2.24, 2.45) is 0 Å². The molecule has 2 rings (SSSR count). The Kier molecular flexibility index (Phi) is 6.16. The summed E-state index contributed by atoms with van der Waals surface area (Å²) in [6, 6.07) is 17.7. The minimum atomic E-state index is -1.23. The highest BCUT2D eigenvalue weighted by Crippen LogP contribution is 2.20. The van der Waals surface area contributed by atoms with Gasteiger partial charge in [-0.2, -0.15) is 5.26 Å². The minimum Gasteiger partial charge on any atom is -0.493 e. The maximum absolute atomic E-state index is 12.1. The van der Waals surface area contributed by atoms with E-state index in [1.807, 2.05) is 6.07 Å². The predicted molar refractivity (Wildman–Crippen MR) is 86.8 cm³/mol. The molecule has 0 heterocycles. The average molecular weight is 310 g/mol. The van der Waals surface area contributed by atoms with Crippen LogP contribution in [-0.2, 0) is 4.79 Å². The Hall–Kier alpha value is -2.84. The first-order valence-electron chi connectivity index (χ1n) is 7.34. The van der Waals surface area contributed by atoms with Crippen molar-refractivity contribution in [3.05, 3.63) is 60.2 Å². The van der Waals surface area contributed by atoms with Crippen LogP contribution in [-0.4, -0.2) is 17.6 Å². The highest BCUT2D eigenvalue weighted by Gasteiger charge is 2.17. The van der Waals surface area contributed by atoms with Gasteiger partial charge in [-0.3, -0.25) is 4.79 Å². The van der Waals surface area contributed by atoms with Crippen LogP contribution >= 0.6 is 0 Å². The molecule has 23 heavy (non-hydrogen) atoms. The second kappa shape index (κ2) is 8.57. The van der Waals surface area contributed by atoms with E-state index in [1.54, 1.807) is 48.5 Å². The van der Waals surface area contributed by atoms with Gasteiger partial charge in [0.15, 0.2) is 6.10 Å². The number of nitriles is 1. The predicted octanol–water partition coefficient (Wildman–Crippen LogP) is 3.04. The lowest BCUT2D eigenvalue weighted by atomic mass is 10.1. The molecule has 0 saturated heterocycles. The van der Waals surface area contributed by atoms with Crippen LogP contribution in [0.5, 0.6) is 5.75 Å². The summed E-state index contributed by atoms with van der Waals surface area (Å²) in [5, 5.41) is 21.2. The van der Waals surface area contributed by atoms with Crippen LogP contribution in [0, 0.1) is 11.3 Å². The van der Waals surface area contributed by atoms with Crippen LogP contribution in [0.4, 0.5) is 5.69 Å². The third kappa shape index (κ3) is 5.13.